The highest BCUT2D eigenvalue weighted by atomic mass is 35.5. The highest BCUT2D eigenvalue weighted by molar-refractivity contribution is 7.89. The van der Waals surface area contributed by atoms with E-state index in [0.717, 1.165) is 12.3 Å². The smallest absolute Gasteiger partial charge is 0.257 e. The predicted octanol–water partition coefficient (Wildman–Crippen LogP) is 2.22. The van der Waals surface area contributed by atoms with Gasteiger partial charge in [0.05, 0.1) is 24.5 Å². The van der Waals surface area contributed by atoms with Crippen LogP contribution in [0.1, 0.15) is 19.4 Å². The van der Waals surface area contributed by atoms with Crippen LogP contribution in [0.15, 0.2) is 18.2 Å². The number of nitrogens with one attached hydrogen (secondary N) is 1. The lowest BCUT2D eigenvalue weighted by Crippen LogP contribution is -2.27. The third kappa shape index (κ3) is 5.95. The van der Waals surface area contributed by atoms with Gasteiger partial charge in [0.25, 0.3) is 5.91 Å². The summed E-state index contributed by atoms with van der Waals surface area (Å²) in [4.78, 5) is 11.4. The summed E-state index contributed by atoms with van der Waals surface area (Å²) in [5.41, 5.74) is 0.571. The molecule has 0 bridgehead atoms. The molecule has 8 heteroatoms. The van der Waals surface area contributed by atoms with Crippen molar-refractivity contribution in [3.8, 4) is 11.5 Å². The molecule has 0 heterocycles. The van der Waals surface area contributed by atoms with E-state index in [2.05, 4.69) is 0 Å². The van der Waals surface area contributed by atoms with Gasteiger partial charge in [-0.15, -0.1) is 0 Å². The van der Waals surface area contributed by atoms with Crippen LogP contribution in [0.5, 0.6) is 11.5 Å². The van der Waals surface area contributed by atoms with Crippen LogP contribution in [0, 0.1) is 0 Å². The molecule has 6 nitrogen and oxygen atoms in total. The molecule has 0 aromatic heterocycles. The van der Waals surface area contributed by atoms with E-state index in [-0.39, 0.29) is 6.10 Å². The topological polar surface area (TPSA) is 81.7 Å². The van der Waals surface area contributed by atoms with Crippen molar-refractivity contribution < 1.29 is 22.7 Å². The monoisotopic (exact) mass is 347 g/mol. The molecule has 0 unspecified atom stereocenters. The van der Waals surface area contributed by atoms with Gasteiger partial charge in [-0.05, 0) is 37.6 Å². The molecular formula is C14H18ClNO5S. The van der Waals surface area contributed by atoms with Gasteiger partial charge in [-0.3, -0.25) is 4.79 Å². The van der Waals surface area contributed by atoms with Crippen molar-refractivity contribution in [1.29, 1.82) is 0 Å². The maximum absolute atomic E-state index is 11.4. The Balaban J connectivity index is 3.02. The zero-order valence-electron chi connectivity index (χ0n) is 12.7. The van der Waals surface area contributed by atoms with Gasteiger partial charge in [-0.25, -0.2) is 13.1 Å². The van der Waals surface area contributed by atoms with Gasteiger partial charge in [0.2, 0.25) is 10.0 Å². The Bertz CT molecular complexity index is 683. The van der Waals surface area contributed by atoms with E-state index in [0.29, 0.717) is 22.1 Å². The number of ether oxygens (including phenoxy) is 2. The summed E-state index contributed by atoms with van der Waals surface area (Å²) >= 11 is 6.14. The lowest BCUT2D eigenvalue weighted by molar-refractivity contribution is -0.114. The second kappa shape index (κ2) is 7.51. The lowest BCUT2D eigenvalue weighted by atomic mass is 10.2. The fraction of sp³-hybridized carbons (Fsp3) is 0.357. The van der Waals surface area contributed by atoms with Crippen LogP contribution in [-0.4, -0.2) is 33.8 Å². The SMILES string of the molecule is COc1cc(C=CC(=O)NS(C)(=O)=O)cc(Cl)c1OC(C)C. The van der Waals surface area contributed by atoms with Gasteiger partial charge in [-0.1, -0.05) is 11.6 Å². The van der Waals surface area contributed by atoms with Crippen LogP contribution in [-0.2, 0) is 14.8 Å². The second-order valence-corrected chi connectivity index (χ2v) is 6.93. The first-order valence-corrected chi connectivity index (χ1v) is 8.63. The maximum atomic E-state index is 11.4. The molecule has 1 N–H and O–H groups in total. The van der Waals surface area contributed by atoms with Crippen molar-refractivity contribution in [1.82, 2.24) is 4.72 Å². The predicted molar refractivity (Wildman–Crippen MR) is 85.8 cm³/mol. The minimum Gasteiger partial charge on any atom is -0.493 e. The third-order valence-corrected chi connectivity index (χ3v) is 3.17. The summed E-state index contributed by atoms with van der Waals surface area (Å²) < 4.78 is 34.5. The molecule has 0 saturated heterocycles. The molecule has 0 saturated carbocycles. The van der Waals surface area contributed by atoms with Gasteiger partial charge < -0.3 is 9.47 Å². The number of hydrogen-bond donors (Lipinski definition) is 1. The molecule has 0 aliphatic carbocycles. The number of carbonyl (C=O) groups excluding carboxylic acids is 1. The summed E-state index contributed by atoms with van der Waals surface area (Å²) in [5.74, 6) is 0.0846. The summed E-state index contributed by atoms with van der Waals surface area (Å²) in [7, 11) is -2.12. The van der Waals surface area contributed by atoms with E-state index in [9.17, 15) is 13.2 Å². The van der Waals surface area contributed by atoms with Gasteiger partial charge in [0.15, 0.2) is 11.5 Å². The molecule has 1 rings (SSSR count). The summed E-state index contributed by atoms with van der Waals surface area (Å²) in [6.07, 6.45) is 3.34. The zero-order valence-corrected chi connectivity index (χ0v) is 14.3. The Hall–Kier alpha value is -1.73. The first-order chi connectivity index (χ1) is 10.1. The average Bonchev–Trinajstić information content (AvgIpc) is 2.36. The van der Waals surface area contributed by atoms with Gasteiger partial charge >= 0.3 is 0 Å². The number of rotatable bonds is 6. The molecule has 122 valence electrons. The van der Waals surface area contributed by atoms with Crippen LogP contribution in [0.3, 0.4) is 0 Å². The molecular weight excluding hydrogens is 330 g/mol. The zero-order chi connectivity index (χ0) is 16.9. The molecule has 0 radical (unpaired) electrons. The van der Waals surface area contributed by atoms with Gasteiger partial charge in [0.1, 0.15) is 0 Å². The highest BCUT2D eigenvalue weighted by Crippen LogP contribution is 2.37. The first-order valence-electron chi connectivity index (χ1n) is 6.36. The molecule has 1 aromatic carbocycles. The number of amides is 1. The van der Waals surface area contributed by atoms with E-state index in [4.69, 9.17) is 21.1 Å². The third-order valence-electron chi connectivity index (χ3n) is 2.32. The number of carbonyl (C=O) groups is 1. The number of methoxy groups -OCH3 is 1. The van der Waals surface area contributed by atoms with Crippen LogP contribution < -0.4 is 14.2 Å². The maximum Gasteiger partial charge on any atom is 0.257 e. The van der Waals surface area contributed by atoms with Crippen molar-refractivity contribution in [2.24, 2.45) is 0 Å². The standard InChI is InChI=1S/C14H18ClNO5S/c1-9(2)21-14-11(15)7-10(8-12(14)20-3)5-6-13(17)16-22(4,18)19/h5-9H,1-4H3,(H,16,17). The molecule has 1 aromatic rings. The van der Waals surface area contributed by atoms with Crippen molar-refractivity contribution >= 4 is 33.6 Å². The van der Waals surface area contributed by atoms with Crippen LogP contribution in [0.2, 0.25) is 5.02 Å². The number of hydrogen-bond acceptors (Lipinski definition) is 5. The van der Waals surface area contributed by atoms with E-state index in [1.807, 2.05) is 18.6 Å². The van der Waals surface area contributed by atoms with Crippen molar-refractivity contribution in [3.63, 3.8) is 0 Å². The minimum absolute atomic E-state index is 0.0756. The average molecular weight is 348 g/mol. The Kier molecular flexibility index (Phi) is 6.25. The van der Waals surface area contributed by atoms with Crippen LogP contribution >= 0.6 is 11.6 Å². The summed E-state index contributed by atoms with van der Waals surface area (Å²) in [6.45, 7) is 3.72. The Labute approximate surface area is 135 Å². The Morgan fingerprint density at radius 3 is 2.50 bits per heavy atom. The summed E-state index contributed by atoms with van der Waals surface area (Å²) in [5, 5.41) is 0.330. The lowest BCUT2D eigenvalue weighted by Gasteiger charge is -2.15. The fourth-order valence-electron chi connectivity index (χ4n) is 1.57. The summed E-state index contributed by atoms with van der Waals surface area (Å²) in [6, 6.07) is 3.22. The van der Waals surface area contributed by atoms with E-state index >= 15 is 0 Å². The molecule has 0 aliphatic rings. The van der Waals surface area contributed by atoms with E-state index in [1.165, 1.54) is 13.2 Å². The number of sulfonamides is 1. The molecule has 22 heavy (non-hydrogen) atoms. The minimum atomic E-state index is -3.59. The van der Waals surface area contributed by atoms with Gasteiger partial charge in [-0.2, -0.15) is 0 Å². The highest BCUT2D eigenvalue weighted by Gasteiger charge is 2.13. The molecule has 0 aliphatic heterocycles. The molecule has 0 spiro atoms. The normalized spacial score (nSPS) is 11.7. The molecule has 0 atom stereocenters. The molecule has 1 amide bonds. The van der Waals surface area contributed by atoms with Gasteiger partial charge in [0, 0.05) is 6.08 Å². The van der Waals surface area contributed by atoms with Crippen LogP contribution in [0.4, 0.5) is 0 Å². The van der Waals surface area contributed by atoms with Crippen LogP contribution in [0.25, 0.3) is 6.08 Å². The first kappa shape index (κ1) is 18.3. The Morgan fingerprint density at radius 2 is 2.00 bits per heavy atom. The Morgan fingerprint density at radius 1 is 1.36 bits per heavy atom. The quantitative estimate of drug-likeness (QED) is 0.798. The van der Waals surface area contributed by atoms with E-state index < -0.39 is 15.9 Å². The fourth-order valence-corrected chi connectivity index (χ4v) is 2.27. The second-order valence-electron chi connectivity index (χ2n) is 4.77. The van der Waals surface area contributed by atoms with Crippen molar-refractivity contribution in [3.05, 3.63) is 28.8 Å². The molecule has 0 fully saturated rings. The number of benzene rings is 1. The van der Waals surface area contributed by atoms with Crippen molar-refractivity contribution in [2.75, 3.05) is 13.4 Å². The largest absolute Gasteiger partial charge is 0.493 e. The van der Waals surface area contributed by atoms with E-state index in [1.54, 1.807) is 12.1 Å². The van der Waals surface area contributed by atoms with Crippen molar-refractivity contribution in [2.45, 2.75) is 20.0 Å². The number of halogens is 1.